The number of sulfone groups is 1. The van der Waals surface area contributed by atoms with Crippen molar-refractivity contribution in [3.63, 3.8) is 0 Å². The van der Waals surface area contributed by atoms with Crippen LogP contribution in [0.25, 0.3) is 0 Å². The molecule has 0 saturated carbocycles. The third-order valence-corrected chi connectivity index (χ3v) is 5.61. The lowest BCUT2D eigenvalue weighted by Gasteiger charge is -2.29. The van der Waals surface area contributed by atoms with Crippen molar-refractivity contribution in [3.05, 3.63) is 35.4 Å². The Morgan fingerprint density at radius 2 is 2.00 bits per heavy atom. The Kier molecular flexibility index (Phi) is 4.07. The summed E-state index contributed by atoms with van der Waals surface area (Å²) in [7, 11) is -2.79. The Bertz CT molecular complexity index is 496. The van der Waals surface area contributed by atoms with E-state index < -0.39 is 9.84 Å². The standard InChI is InChI=1S/C14H21NO2S/c1-11-3-2-4-13(9-11)14(10-15)12-5-7-18(16,17)8-6-12/h2-4,9,12,14H,5-8,10,15H2,1H3. The van der Waals surface area contributed by atoms with E-state index in [1.807, 2.05) is 6.07 Å². The molecule has 100 valence electrons. The van der Waals surface area contributed by atoms with Crippen molar-refractivity contribution in [3.8, 4) is 0 Å². The fourth-order valence-electron chi connectivity index (χ4n) is 2.81. The van der Waals surface area contributed by atoms with Crippen LogP contribution in [-0.2, 0) is 9.84 Å². The minimum atomic E-state index is -2.79. The summed E-state index contributed by atoms with van der Waals surface area (Å²) >= 11 is 0. The summed E-state index contributed by atoms with van der Waals surface area (Å²) < 4.78 is 22.9. The molecule has 1 aromatic rings. The van der Waals surface area contributed by atoms with Gasteiger partial charge in [-0.1, -0.05) is 29.8 Å². The van der Waals surface area contributed by atoms with Gasteiger partial charge in [-0.25, -0.2) is 8.42 Å². The van der Waals surface area contributed by atoms with Gasteiger partial charge in [-0.2, -0.15) is 0 Å². The molecule has 18 heavy (non-hydrogen) atoms. The Morgan fingerprint density at radius 3 is 2.56 bits per heavy atom. The predicted octanol–water partition coefficient (Wildman–Crippen LogP) is 1.86. The van der Waals surface area contributed by atoms with E-state index in [0.29, 0.717) is 29.9 Å². The van der Waals surface area contributed by atoms with Crippen LogP contribution in [0.4, 0.5) is 0 Å². The smallest absolute Gasteiger partial charge is 0.150 e. The molecule has 0 aliphatic carbocycles. The van der Waals surface area contributed by atoms with Gasteiger partial charge in [0.15, 0.2) is 0 Å². The van der Waals surface area contributed by atoms with E-state index >= 15 is 0 Å². The normalized spacial score (nSPS) is 21.7. The van der Waals surface area contributed by atoms with Crippen LogP contribution in [0.15, 0.2) is 24.3 Å². The first-order valence-electron chi connectivity index (χ1n) is 6.49. The van der Waals surface area contributed by atoms with Gasteiger partial charge in [0.25, 0.3) is 0 Å². The maximum atomic E-state index is 11.5. The highest BCUT2D eigenvalue weighted by Crippen LogP contribution is 2.33. The van der Waals surface area contributed by atoms with Crippen molar-refractivity contribution in [2.24, 2.45) is 11.7 Å². The number of aryl methyl sites for hydroxylation is 1. The Labute approximate surface area is 109 Å². The summed E-state index contributed by atoms with van der Waals surface area (Å²) in [6.45, 7) is 2.66. The lowest BCUT2D eigenvalue weighted by atomic mass is 9.82. The van der Waals surface area contributed by atoms with Crippen LogP contribution >= 0.6 is 0 Å². The Hall–Kier alpha value is -0.870. The molecule has 1 aliphatic heterocycles. The molecule has 1 heterocycles. The molecule has 0 radical (unpaired) electrons. The van der Waals surface area contributed by atoms with Gasteiger partial charge in [0.05, 0.1) is 11.5 Å². The van der Waals surface area contributed by atoms with Crippen molar-refractivity contribution < 1.29 is 8.42 Å². The third kappa shape index (κ3) is 3.12. The second-order valence-electron chi connectivity index (χ2n) is 5.25. The first kappa shape index (κ1) is 13.6. The summed E-state index contributed by atoms with van der Waals surface area (Å²) in [4.78, 5) is 0. The van der Waals surface area contributed by atoms with E-state index in [0.717, 1.165) is 12.8 Å². The first-order valence-corrected chi connectivity index (χ1v) is 8.31. The van der Waals surface area contributed by atoms with Gasteiger partial charge in [-0.15, -0.1) is 0 Å². The van der Waals surface area contributed by atoms with E-state index in [1.54, 1.807) is 0 Å². The number of benzene rings is 1. The number of rotatable bonds is 3. The Morgan fingerprint density at radius 1 is 1.33 bits per heavy atom. The topological polar surface area (TPSA) is 60.2 Å². The van der Waals surface area contributed by atoms with Gasteiger partial charge >= 0.3 is 0 Å². The molecule has 0 bridgehead atoms. The molecule has 1 atom stereocenters. The fraction of sp³-hybridized carbons (Fsp3) is 0.571. The lowest BCUT2D eigenvalue weighted by Crippen LogP contribution is -2.30. The van der Waals surface area contributed by atoms with E-state index in [4.69, 9.17) is 5.73 Å². The molecule has 0 amide bonds. The molecule has 1 aliphatic rings. The van der Waals surface area contributed by atoms with Gasteiger partial charge < -0.3 is 5.73 Å². The van der Waals surface area contributed by atoms with Gasteiger partial charge in [0.2, 0.25) is 0 Å². The van der Waals surface area contributed by atoms with Crippen molar-refractivity contribution in [2.75, 3.05) is 18.1 Å². The average Bonchev–Trinajstić information content (AvgIpc) is 2.32. The molecule has 3 nitrogen and oxygen atoms in total. The molecule has 0 spiro atoms. The fourth-order valence-corrected chi connectivity index (χ4v) is 4.34. The average molecular weight is 267 g/mol. The molecule has 1 aromatic carbocycles. The maximum Gasteiger partial charge on any atom is 0.150 e. The van der Waals surface area contributed by atoms with Gasteiger partial charge in [0.1, 0.15) is 9.84 Å². The summed E-state index contributed by atoms with van der Waals surface area (Å²) in [5.41, 5.74) is 8.39. The van der Waals surface area contributed by atoms with Gasteiger partial charge in [0, 0.05) is 0 Å². The zero-order valence-corrected chi connectivity index (χ0v) is 11.6. The quantitative estimate of drug-likeness (QED) is 0.909. The van der Waals surface area contributed by atoms with Crippen LogP contribution in [0.5, 0.6) is 0 Å². The monoisotopic (exact) mass is 267 g/mol. The van der Waals surface area contributed by atoms with Crippen LogP contribution in [0.3, 0.4) is 0 Å². The summed E-state index contributed by atoms with van der Waals surface area (Å²) in [5.74, 6) is 1.33. The molecule has 1 unspecified atom stereocenters. The second-order valence-corrected chi connectivity index (χ2v) is 7.55. The molecule has 0 aromatic heterocycles. The van der Waals surface area contributed by atoms with Crippen LogP contribution in [0.2, 0.25) is 0 Å². The van der Waals surface area contributed by atoms with Crippen molar-refractivity contribution in [2.45, 2.75) is 25.7 Å². The zero-order chi connectivity index (χ0) is 13.2. The zero-order valence-electron chi connectivity index (χ0n) is 10.8. The van der Waals surface area contributed by atoms with Gasteiger partial charge in [-0.3, -0.25) is 0 Å². The van der Waals surface area contributed by atoms with Crippen LogP contribution in [0, 0.1) is 12.8 Å². The lowest BCUT2D eigenvalue weighted by molar-refractivity contribution is 0.389. The van der Waals surface area contributed by atoms with Crippen LogP contribution in [-0.4, -0.2) is 26.5 Å². The first-order chi connectivity index (χ1) is 8.52. The summed E-state index contributed by atoms with van der Waals surface area (Å²) in [6.07, 6.45) is 1.50. The minimum absolute atomic E-state index is 0.292. The number of hydrogen-bond donors (Lipinski definition) is 1. The summed E-state index contributed by atoms with van der Waals surface area (Å²) in [6, 6.07) is 8.39. The van der Waals surface area contributed by atoms with E-state index in [9.17, 15) is 8.42 Å². The van der Waals surface area contributed by atoms with E-state index in [-0.39, 0.29) is 0 Å². The molecular formula is C14H21NO2S. The maximum absolute atomic E-state index is 11.5. The van der Waals surface area contributed by atoms with E-state index in [2.05, 4.69) is 25.1 Å². The number of hydrogen-bond acceptors (Lipinski definition) is 3. The number of nitrogens with two attached hydrogens (primary N) is 1. The van der Waals surface area contributed by atoms with Crippen LogP contribution < -0.4 is 5.73 Å². The highest BCUT2D eigenvalue weighted by Gasteiger charge is 2.29. The molecule has 2 N–H and O–H groups in total. The van der Waals surface area contributed by atoms with Crippen molar-refractivity contribution in [1.82, 2.24) is 0 Å². The van der Waals surface area contributed by atoms with Gasteiger partial charge in [-0.05, 0) is 43.7 Å². The molecule has 4 heteroatoms. The highest BCUT2D eigenvalue weighted by molar-refractivity contribution is 7.91. The molecule has 1 saturated heterocycles. The van der Waals surface area contributed by atoms with Crippen molar-refractivity contribution in [1.29, 1.82) is 0 Å². The van der Waals surface area contributed by atoms with Crippen LogP contribution in [0.1, 0.15) is 29.9 Å². The molecule has 2 rings (SSSR count). The molecule has 1 fully saturated rings. The SMILES string of the molecule is Cc1cccc(C(CN)C2CCS(=O)(=O)CC2)c1. The summed E-state index contributed by atoms with van der Waals surface area (Å²) in [5, 5.41) is 0. The molecular weight excluding hydrogens is 246 g/mol. The highest BCUT2D eigenvalue weighted by atomic mass is 32.2. The third-order valence-electron chi connectivity index (χ3n) is 3.89. The Balaban J connectivity index is 2.15. The van der Waals surface area contributed by atoms with E-state index in [1.165, 1.54) is 11.1 Å². The largest absolute Gasteiger partial charge is 0.330 e. The predicted molar refractivity (Wildman–Crippen MR) is 74.4 cm³/mol. The minimum Gasteiger partial charge on any atom is -0.330 e. The second kappa shape index (κ2) is 5.41. The van der Waals surface area contributed by atoms with Crippen molar-refractivity contribution >= 4 is 9.84 Å².